The second-order valence-corrected chi connectivity index (χ2v) is 11.0. The standard InChI is InChI=1S/C27H37NO7/c1-16-10-11-21-17(2)24(32-25-27(21)20(16)14-15-26(4,33-25)34-35-27)31-23(30)13-12-22(29)28-18(3)19-8-6-5-7-9-19/h5-9,16-18,20-21,24-25H,10-15H2,1-4H3,(H,28,29)/t16?,17?,18?,20?,21?,24-,25-,26-,27-/m1/s1. The van der Waals surface area contributed by atoms with Crippen molar-refractivity contribution in [1.82, 2.24) is 5.32 Å². The third-order valence-corrected chi connectivity index (χ3v) is 8.58. The zero-order valence-corrected chi connectivity index (χ0v) is 21.0. The topological polar surface area (TPSA) is 92.3 Å². The minimum atomic E-state index is -0.875. The number of rotatable bonds is 6. The maximum atomic E-state index is 12.7. The summed E-state index contributed by atoms with van der Waals surface area (Å²) in [6.07, 6.45) is 2.30. The number of hydrogen-bond acceptors (Lipinski definition) is 7. The predicted octanol–water partition coefficient (Wildman–Crippen LogP) is 4.40. The smallest absolute Gasteiger partial charge is 0.308 e. The van der Waals surface area contributed by atoms with Crippen LogP contribution in [0.3, 0.4) is 0 Å². The molecule has 0 aromatic heterocycles. The van der Waals surface area contributed by atoms with Gasteiger partial charge in [0.2, 0.25) is 18.0 Å². The molecule has 1 aliphatic carbocycles. The Morgan fingerprint density at radius 1 is 1.09 bits per heavy atom. The fraction of sp³-hybridized carbons (Fsp3) is 0.704. The molecule has 1 aromatic carbocycles. The summed E-state index contributed by atoms with van der Waals surface area (Å²) in [6, 6.07) is 9.58. The van der Waals surface area contributed by atoms with Gasteiger partial charge in [-0.3, -0.25) is 9.59 Å². The molecule has 2 bridgehead atoms. The number of nitrogens with one attached hydrogen (secondary N) is 1. The third-order valence-electron chi connectivity index (χ3n) is 8.58. The molecule has 1 amide bonds. The van der Waals surface area contributed by atoms with E-state index in [-0.39, 0.29) is 42.5 Å². The van der Waals surface area contributed by atoms with Crippen LogP contribution in [0.4, 0.5) is 0 Å². The molecule has 5 fully saturated rings. The van der Waals surface area contributed by atoms with Crippen LogP contribution in [0, 0.1) is 23.7 Å². The highest BCUT2D eigenvalue weighted by Crippen LogP contribution is 2.60. The predicted molar refractivity (Wildman–Crippen MR) is 125 cm³/mol. The summed E-state index contributed by atoms with van der Waals surface area (Å²) < 4.78 is 18.4. The molecule has 192 valence electrons. The average molecular weight is 488 g/mol. The fourth-order valence-corrected chi connectivity index (χ4v) is 6.55. The summed E-state index contributed by atoms with van der Waals surface area (Å²) in [7, 11) is 0. The number of fused-ring (bicyclic) bond motifs is 2. The number of carbonyl (C=O) groups is 2. The lowest BCUT2D eigenvalue weighted by atomic mass is 9.58. The van der Waals surface area contributed by atoms with E-state index >= 15 is 0 Å². The van der Waals surface area contributed by atoms with E-state index in [2.05, 4.69) is 12.2 Å². The molecule has 9 atom stereocenters. The van der Waals surface area contributed by atoms with Gasteiger partial charge in [0.1, 0.15) is 0 Å². The molecule has 5 unspecified atom stereocenters. The van der Waals surface area contributed by atoms with Crippen LogP contribution in [0.2, 0.25) is 0 Å². The van der Waals surface area contributed by atoms with E-state index in [0.29, 0.717) is 5.92 Å². The lowest BCUT2D eigenvalue weighted by Gasteiger charge is -2.59. The van der Waals surface area contributed by atoms with Crippen LogP contribution in [0.25, 0.3) is 0 Å². The number of carbonyl (C=O) groups excluding carboxylic acids is 2. The van der Waals surface area contributed by atoms with Crippen molar-refractivity contribution < 1.29 is 33.6 Å². The van der Waals surface area contributed by atoms with Crippen LogP contribution < -0.4 is 5.32 Å². The number of hydrogen-bond donors (Lipinski definition) is 1. The van der Waals surface area contributed by atoms with Crippen LogP contribution in [0.5, 0.6) is 0 Å². The van der Waals surface area contributed by atoms with E-state index in [1.165, 1.54) is 0 Å². The SMILES string of the molecule is CC(NC(=O)CCC(=O)O[C@@H]1O[C@@H]2O[C@@]3(C)CCC4C(C)CCC(C1C)[C@]42OO3)c1ccccc1. The Hall–Kier alpha value is -2.00. The Bertz CT molecular complexity index is 941. The van der Waals surface area contributed by atoms with Crippen molar-refractivity contribution in [1.29, 1.82) is 0 Å². The molecule has 4 aliphatic heterocycles. The fourth-order valence-electron chi connectivity index (χ4n) is 6.55. The first-order chi connectivity index (χ1) is 16.7. The van der Waals surface area contributed by atoms with E-state index in [1.54, 1.807) is 0 Å². The molecule has 6 rings (SSSR count). The van der Waals surface area contributed by atoms with Crippen LogP contribution in [-0.4, -0.2) is 35.8 Å². The van der Waals surface area contributed by atoms with Crippen molar-refractivity contribution in [2.75, 3.05) is 0 Å². The minimum absolute atomic E-state index is 0.0156. The molecule has 35 heavy (non-hydrogen) atoms. The van der Waals surface area contributed by atoms with Crippen molar-refractivity contribution in [3.63, 3.8) is 0 Å². The Kier molecular flexibility index (Phi) is 6.68. The summed E-state index contributed by atoms with van der Waals surface area (Å²) in [5.41, 5.74) is 0.322. The first-order valence-electron chi connectivity index (χ1n) is 13.0. The highest BCUT2D eigenvalue weighted by atomic mass is 17.3. The maximum Gasteiger partial charge on any atom is 0.308 e. The van der Waals surface area contributed by atoms with Gasteiger partial charge in [-0.05, 0) is 50.5 Å². The third kappa shape index (κ3) is 4.50. The lowest BCUT2D eigenvalue weighted by molar-refractivity contribution is -0.576. The normalized spacial score (nSPS) is 40.8. The van der Waals surface area contributed by atoms with Gasteiger partial charge in [0.05, 0.1) is 12.5 Å². The molecule has 4 saturated heterocycles. The van der Waals surface area contributed by atoms with Gasteiger partial charge in [0.15, 0.2) is 11.9 Å². The van der Waals surface area contributed by atoms with Crippen molar-refractivity contribution in [2.45, 2.75) is 96.2 Å². The monoisotopic (exact) mass is 487 g/mol. The van der Waals surface area contributed by atoms with Gasteiger partial charge >= 0.3 is 5.97 Å². The highest BCUT2D eigenvalue weighted by molar-refractivity contribution is 5.81. The van der Waals surface area contributed by atoms with Gasteiger partial charge in [-0.1, -0.05) is 44.2 Å². The van der Waals surface area contributed by atoms with Crippen LogP contribution >= 0.6 is 0 Å². The van der Waals surface area contributed by atoms with Gasteiger partial charge in [0.25, 0.3) is 0 Å². The first-order valence-corrected chi connectivity index (χ1v) is 13.0. The largest absolute Gasteiger partial charge is 0.435 e. The van der Waals surface area contributed by atoms with Crippen molar-refractivity contribution >= 4 is 11.9 Å². The highest BCUT2D eigenvalue weighted by Gasteiger charge is 2.69. The lowest BCUT2D eigenvalue weighted by Crippen LogP contribution is -2.70. The van der Waals surface area contributed by atoms with Gasteiger partial charge in [-0.15, -0.1) is 0 Å². The van der Waals surface area contributed by atoms with Crippen molar-refractivity contribution in [3.8, 4) is 0 Å². The zero-order chi connectivity index (χ0) is 24.8. The number of ether oxygens (including phenoxy) is 3. The van der Waals surface area contributed by atoms with E-state index in [4.69, 9.17) is 24.0 Å². The molecule has 1 N–H and O–H groups in total. The van der Waals surface area contributed by atoms with E-state index in [1.807, 2.05) is 51.1 Å². The molecule has 0 radical (unpaired) electrons. The zero-order valence-electron chi connectivity index (χ0n) is 21.0. The van der Waals surface area contributed by atoms with Crippen LogP contribution in [0.15, 0.2) is 30.3 Å². The number of benzene rings is 1. The molecule has 4 heterocycles. The number of amides is 1. The first kappa shape index (κ1) is 24.7. The summed E-state index contributed by atoms with van der Waals surface area (Å²) in [4.78, 5) is 37.1. The summed E-state index contributed by atoms with van der Waals surface area (Å²) in [5.74, 6) is -0.812. The number of esters is 1. The summed E-state index contributed by atoms with van der Waals surface area (Å²) in [5, 5.41) is 2.93. The molecule has 8 heteroatoms. The summed E-state index contributed by atoms with van der Waals surface area (Å²) >= 11 is 0. The average Bonchev–Trinajstić information content (AvgIpc) is 3.07. The molecule has 8 nitrogen and oxygen atoms in total. The maximum absolute atomic E-state index is 12.7. The minimum Gasteiger partial charge on any atom is -0.435 e. The van der Waals surface area contributed by atoms with E-state index < -0.39 is 29.9 Å². The van der Waals surface area contributed by atoms with Crippen molar-refractivity contribution in [2.24, 2.45) is 23.7 Å². The quantitative estimate of drug-likeness (QED) is 0.470. The molecular weight excluding hydrogens is 450 g/mol. The van der Waals surface area contributed by atoms with E-state index in [0.717, 1.165) is 31.2 Å². The molecule has 1 spiro atoms. The van der Waals surface area contributed by atoms with Gasteiger partial charge in [-0.2, -0.15) is 0 Å². The van der Waals surface area contributed by atoms with Crippen LogP contribution in [0.1, 0.15) is 77.8 Å². The van der Waals surface area contributed by atoms with Gasteiger partial charge in [-0.25, -0.2) is 9.78 Å². The molecule has 5 aliphatic rings. The van der Waals surface area contributed by atoms with Gasteiger partial charge in [0, 0.05) is 24.7 Å². The van der Waals surface area contributed by atoms with Gasteiger partial charge < -0.3 is 19.5 Å². The van der Waals surface area contributed by atoms with Crippen LogP contribution in [-0.2, 0) is 33.6 Å². The summed E-state index contributed by atoms with van der Waals surface area (Å²) in [6.45, 7) is 8.09. The molecule has 1 aromatic rings. The second-order valence-electron chi connectivity index (χ2n) is 11.0. The Morgan fingerprint density at radius 3 is 2.63 bits per heavy atom. The van der Waals surface area contributed by atoms with Crippen molar-refractivity contribution in [3.05, 3.63) is 35.9 Å². The Labute approximate surface area is 206 Å². The Balaban J connectivity index is 1.21. The molecule has 1 saturated carbocycles. The van der Waals surface area contributed by atoms with E-state index in [9.17, 15) is 9.59 Å². The molecular formula is C27H37NO7. The Morgan fingerprint density at radius 2 is 1.86 bits per heavy atom. The second kappa shape index (κ2) is 9.47.